The number of aromatic nitrogens is 2. The van der Waals surface area contributed by atoms with Gasteiger partial charge in [0.25, 0.3) is 0 Å². The van der Waals surface area contributed by atoms with Crippen LogP contribution in [0.15, 0.2) is 29.0 Å². The summed E-state index contributed by atoms with van der Waals surface area (Å²) in [7, 11) is 0. The number of aliphatic hydroxyl groups is 1. The van der Waals surface area contributed by atoms with Gasteiger partial charge >= 0.3 is 0 Å². The van der Waals surface area contributed by atoms with Crippen LogP contribution in [0.25, 0.3) is 0 Å². The Morgan fingerprint density at radius 1 is 1.50 bits per heavy atom. The van der Waals surface area contributed by atoms with Gasteiger partial charge < -0.3 is 20.2 Å². The smallest absolute Gasteiger partial charge is 0.224 e. The van der Waals surface area contributed by atoms with Crippen molar-refractivity contribution in [3.8, 4) is 6.07 Å². The lowest BCUT2D eigenvalue weighted by Crippen LogP contribution is -2.57. The Hall–Kier alpha value is -2.59. The van der Waals surface area contributed by atoms with Gasteiger partial charge in [0, 0.05) is 24.4 Å². The summed E-state index contributed by atoms with van der Waals surface area (Å²) >= 11 is 0. The second-order valence-corrected chi connectivity index (χ2v) is 6.59. The average molecular weight is 327 g/mol. The maximum Gasteiger partial charge on any atom is 0.224 e. The zero-order valence-electron chi connectivity index (χ0n) is 13.8. The lowest BCUT2D eigenvalue weighted by atomic mass is 9.64. The van der Waals surface area contributed by atoms with Gasteiger partial charge in [0.2, 0.25) is 5.95 Å². The van der Waals surface area contributed by atoms with Gasteiger partial charge in [0.05, 0.1) is 18.6 Å². The zero-order valence-corrected chi connectivity index (χ0v) is 13.8. The number of anilines is 2. The molecule has 2 heterocycles. The highest BCUT2D eigenvalue weighted by Crippen LogP contribution is 2.42. The van der Waals surface area contributed by atoms with Crippen molar-refractivity contribution >= 4 is 11.8 Å². The number of aliphatic hydroxyl groups excluding tert-OH is 1. The number of hydrogen-bond donors (Lipinski definition) is 3. The van der Waals surface area contributed by atoms with Gasteiger partial charge in [-0.2, -0.15) is 10.2 Å². The van der Waals surface area contributed by atoms with E-state index < -0.39 is 0 Å². The van der Waals surface area contributed by atoms with Crippen molar-refractivity contribution < 1.29 is 9.52 Å². The Morgan fingerprint density at radius 2 is 2.33 bits per heavy atom. The second-order valence-electron chi connectivity index (χ2n) is 6.59. The summed E-state index contributed by atoms with van der Waals surface area (Å²) in [6.07, 6.45) is 4.18. The first-order valence-electron chi connectivity index (χ1n) is 7.98. The molecule has 0 bridgehead atoms. The van der Waals surface area contributed by atoms with E-state index in [2.05, 4.69) is 26.7 Å². The van der Waals surface area contributed by atoms with Crippen molar-refractivity contribution in [2.24, 2.45) is 5.41 Å². The van der Waals surface area contributed by atoms with Gasteiger partial charge in [-0.05, 0) is 18.6 Å². The molecule has 0 amide bonds. The van der Waals surface area contributed by atoms with E-state index in [1.54, 1.807) is 6.26 Å². The van der Waals surface area contributed by atoms with Crippen LogP contribution < -0.4 is 10.6 Å². The molecule has 24 heavy (non-hydrogen) atoms. The molecule has 0 spiro atoms. The van der Waals surface area contributed by atoms with Crippen molar-refractivity contribution in [1.82, 2.24) is 9.97 Å². The molecule has 126 valence electrons. The second kappa shape index (κ2) is 6.49. The molecule has 1 aliphatic rings. The minimum Gasteiger partial charge on any atom is -0.469 e. The van der Waals surface area contributed by atoms with Gasteiger partial charge in [-0.15, -0.1) is 0 Å². The number of nitrogens with zero attached hydrogens (tertiary/aromatic N) is 3. The molecule has 0 aromatic carbocycles. The molecule has 3 N–H and O–H groups in total. The summed E-state index contributed by atoms with van der Waals surface area (Å²) in [5.41, 5.74) is 0.147. The van der Waals surface area contributed by atoms with Crippen LogP contribution in [0.1, 0.15) is 31.6 Å². The Bertz CT molecular complexity index is 736. The third-order valence-electron chi connectivity index (χ3n) is 4.67. The molecule has 1 fully saturated rings. The highest BCUT2D eigenvalue weighted by Gasteiger charge is 2.47. The van der Waals surface area contributed by atoms with Crippen LogP contribution in [-0.2, 0) is 6.42 Å². The van der Waals surface area contributed by atoms with Crippen molar-refractivity contribution in [2.45, 2.75) is 38.8 Å². The molecule has 7 nitrogen and oxygen atoms in total. The van der Waals surface area contributed by atoms with Crippen LogP contribution in [0, 0.1) is 16.7 Å². The molecular formula is C17H21N5O2. The molecule has 3 rings (SSSR count). The van der Waals surface area contributed by atoms with Crippen LogP contribution >= 0.6 is 0 Å². The van der Waals surface area contributed by atoms with Crippen molar-refractivity contribution in [2.75, 3.05) is 17.2 Å². The Morgan fingerprint density at radius 3 is 2.96 bits per heavy atom. The average Bonchev–Trinajstić information content (AvgIpc) is 3.08. The van der Waals surface area contributed by atoms with Gasteiger partial charge in [-0.25, -0.2) is 4.98 Å². The van der Waals surface area contributed by atoms with Crippen LogP contribution in [0.3, 0.4) is 0 Å². The molecule has 7 heteroatoms. The molecule has 0 aliphatic heterocycles. The molecule has 2 aromatic heterocycles. The molecule has 2 atom stereocenters. The number of furan rings is 1. The molecular weight excluding hydrogens is 306 g/mol. The van der Waals surface area contributed by atoms with Crippen LogP contribution in [0.5, 0.6) is 0 Å². The number of nitriles is 1. The van der Waals surface area contributed by atoms with Gasteiger partial charge in [-0.1, -0.05) is 13.8 Å². The van der Waals surface area contributed by atoms with E-state index in [-0.39, 0.29) is 17.6 Å². The third kappa shape index (κ3) is 3.19. The van der Waals surface area contributed by atoms with E-state index >= 15 is 0 Å². The minimum atomic E-state index is -0.340. The van der Waals surface area contributed by atoms with Gasteiger partial charge in [-0.3, -0.25) is 0 Å². The fraction of sp³-hybridized carbons (Fsp3) is 0.471. The SMILES string of the molecule is CC1(C)[C@@H](O)C[C@H]1Nc1nc(NCCc2ccco2)ncc1C#N. The lowest BCUT2D eigenvalue weighted by molar-refractivity contribution is -0.0511. The first-order valence-corrected chi connectivity index (χ1v) is 7.98. The lowest BCUT2D eigenvalue weighted by Gasteiger charge is -2.49. The van der Waals surface area contributed by atoms with Crippen molar-refractivity contribution in [3.63, 3.8) is 0 Å². The van der Waals surface area contributed by atoms with Crippen LogP contribution in [-0.4, -0.2) is 33.8 Å². The fourth-order valence-electron chi connectivity index (χ4n) is 2.72. The first kappa shape index (κ1) is 16.3. The molecule has 1 saturated carbocycles. The molecule has 2 aromatic rings. The third-order valence-corrected chi connectivity index (χ3v) is 4.67. The normalized spacial score (nSPS) is 21.6. The highest BCUT2D eigenvalue weighted by atomic mass is 16.3. The minimum absolute atomic E-state index is 0.0745. The van der Waals surface area contributed by atoms with Gasteiger partial charge in [0.15, 0.2) is 0 Å². The summed E-state index contributed by atoms with van der Waals surface area (Å²) in [6.45, 7) is 4.62. The van der Waals surface area contributed by atoms with E-state index in [1.165, 1.54) is 6.20 Å². The summed E-state index contributed by atoms with van der Waals surface area (Å²) in [5.74, 6) is 1.85. The molecule has 0 unspecified atom stereocenters. The van der Waals surface area contributed by atoms with Crippen LogP contribution in [0.2, 0.25) is 0 Å². The van der Waals surface area contributed by atoms with E-state index in [0.29, 0.717) is 30.3 Å². The number of rotatable bonds is 6. The number of hydrogen-bond acceptors (Lipinski definition) is 7. The van der Waals surface area contributed by atoms with E-state index in [4.69, 9.17) is 4.42 Å². The number of nitrogens with one attached hydrogen (secondary N) is 2. The maximum atomic E-state index is 9.85. The Labute approximate surface area is 140 Å². The van der Waals surface area contributed by atoms with Crippen molar-refractivity contribution in [3.05, 3.63) is 35.9 Å². The largest absolute Gasteiger partial charge is 0.469 e. The van der Waals surface area contributed by atoms with Gasteiger partial charge in [0.1, 0.15) is 23.2 Å². The first-order chi connectivity index (χ1) is 11.5. The van der Waals surface area contributed by atoms with E-state index in [1.807, 2.05) is 26.0 Å². The highest BCUT2D eigenvalue weighted by molar-refractivity contribution is 5.54. The zero-order chi connectivity index (χ0) is 17.2. The Balaban J connectivity index is 1.66. The summed E-state index contributed by atoms with van der Waals surface area (Å²) in [6, 6.07) is 5.94. The predicted octanol–water partition coefficient (Wildman–Crippen LogP) is 2.17. The van der Waals surface area contributed by atoms with E-state index in [9.17, 15) is 10.4 Å². The molecule has 0 radical (unpaired) electrons. The quantitative estimate of drug-likeness (QED) is 0.746. The maximum absolute atomic E-state index is 9.85. The molecule has 1 aliphatic carbocycles. The standard InChI is InChI=1S/C17H21N5O2/c1-17(2)13(8-14(17)23)21-15-11(9-18)10-20-16(22-15)19-6-5-12-4-3-7-24-12/h3-4,7,10,13-14,23H,5-6,8H2,1-2H3,(H2,19,20,21,22)/t13-,14+/m1/s1. The summed E-state index contributed by atoms with van der Waals surface area (Å²) in [5, 5.41) is 25.5. The fourth-order valence-corrected chi connectivity index (χ4v) is 2.72. The van der Waals surface area contributed by atoms with Crippen molar-refractivity contribution in [1.29, 1.82) is 5.26 Å². The summed E-state index contributed by atoms with van der Waals surface area (Å²) < 4.78 is 5.28. The monoisotopic (exact) mass is 327 g/mol. The topological polar surface area (TPSA) is 107 Å². The molecule has 0 saturated heterocycles. The summed E-state index contributed by atoms with van der Waals surface area (Å²) in [4.78, 5) is 8.57. The predicted molar refractivity (Wildman–Crippen MR) is 89.5 cm³/mol. The van der Waals surface area contributed by atoms with E-state index in [0.717, 1.165) is 12.2 Å². The Kier molecular flexibility index (Phi) is 4.40. The van der Waals surface area contributed by atoms with Crippen LogP contribution in [0.4, 0.5) is 11.8 Å².